The minimum absolute atomic E-state index is 0.322. The lowest BCUT2D eigenvalue weighted by Crippen LogP contribution is -1.80. The van der Waals surface area contributed by atoms with E-state index in [-0.39, 0.29) is 5.82 Å². The van der Waals surface area contributed by atoms with E-state index in [4.69, 9.17) is 0 Å². The number of halogens is 2. The van der Waals surface area contributed by atoms with Crippen LogP contribution in [-0.2, 0) is 0 Å². The fourth-order valence-electron chi connectivity index (χ4n) is 1.46. The molecule has 14 heavy (non-hydrogen) atoms. The van der Waals surface area contributed by atoms with Gasteiger partial charge in [0.1, 0.15) is 5.82 Å². The molecule has 0 saturated carbocycles. The zero-order valence-electron chi connectivity index (χ0n) is 7.40. The van der Waals surface area contributed by atoms with Gasteiger partial charge in [-0.1, -0.05) is 0 Å². The number of H-pyrrole nitrogens is 1. The molecule has 0 spiro atoms. The maximum absolute atomic E-state index is 13.2. The van der Waals surface area contributed by atoms with Gasteiger partial charge in [0.25, 0.3) is 0 Å². The van der Waals surface area contributed by atoms with Crippen molar-refractivity contribution in [1.82, 2.24) is 4.98 Å². The number of hydrogen-bond acceptors (Lipinski definition) is 1. The van der Waals surface area contributed by atoms with Crippen LogP contribution in [0, 0.1) is 12.7 Å². The standard InChI is InChI=1S/C10H7BrFNO/c1-5-6-2-8(12)7(11)3-9(6)13-10(5)4-14/h2-4,13H,1H3. The summed E-state index contributed by atoms with van der Waals surface area (Å²) >= 11 is 3.09. The SMILES string of the molecule is Cc1c(C=O)[nH]c2cc(Br)c(F)cc12. The third-order valence-corrected chi connectivity index (χ3v) is 2.86. The first-order valence-corrected chi connectivity index (χ1v) is 4.85. The first-order valence-electron chi connectivity index (χ1n) is 4.06. The summed E-state index contributed by atoms with van der Waals surface area (Å²) in [5, 5.41) is 0.743. The molecule has 0 saturated heterocycles. The summed E-state index contributed by atoms with van der Waals surface area (Å²) < 4.78 is 13.6. The molecule has 2 aromatic rings. The highest BCUT2D eigenvalue weighted by Gasteiger charge is 2.09. The van der Waals surface area contributed by atoms with Crippen molar-refractivity contribution in [3.63, 3.8) is 0 Å². The van der Waals surface area contributed by atoms with Crippen molar-refractivity contribution in [2.75, 3.05) is 0 Å². The second kappa shape index (κ2) is 3.20. The largest absolute Gasteiger partial charge is 0.352 e. The van der Waals surface area contributed by atoms with Crippen molar-refractivity contribution in [2.45, 2.75) is 6.92 Å². The average Bonchev–Trinajstić information content (AvgIpc) is 2.45. The number of fused-ring (bicyclic) bond motifs is 1. The first-order chi connectivity index (χ1) is 6.63. The molecule has 0 aliphatic carbocycles. The van der Waals surface area contributed by atoms with Crippen LogP contribution < -0.4 is 0 Å². The van der Waals surface area contributed by atoms with E-state index in [0.29, 0.717) is 10.2 Å². The van der Waals surface area contributed by atoms with Crippen LogP contribution in [0.25, 0.3) is 10.9 Å². The van der Waals surface area contributed by atoms with Crippen LogP contribution in [0.15, 0.2) is 16.6 Å². The summed E-state index contributed by atoms with van der Waals surface area (Å²) in [7, 11) is 0. The molecule has 0 fully saturated rings. The van der Waals surface area contributed by atoms with E-state index in [1.54, 1.807) is 13.0 Å². The van der Waals surface area contributed by atoms with E-state index in [9.17, 15) is 9.18 Å². The molecule has 0 atom stereocenters. The molecule has 1 aromatic carbocycles. The van der Waals surface area contributed by atoms with Crippen LogP contribution >= 0.6 is 15.9 Å². The van der Waals surface area contributed by atoms with E-state index in [1.165, 1.54) is 6.07 Å². The maximum Gasteiger partial charge on any atom is 0.166 e. The molecule has 2 nitrogen and oxygen atoms in total. The number of carbonyl (C=O) groups excluding carboxylic acids is 1. The Balaban J connectivity index is 2.86. The Morgan fingerprint density at radius 2 is 2.21 bits per heavy atom. The van der Waals surface area contributed by atoms with E-state index >= 15 is 0 Å². The molecular weight excluding hydrogens is 249 g/mol. The van der Waals surface area contributed by atoms with Crippen molar-refractivity contribution in [2.24, 2.45) is 0 Å². The number of aryl methyl sites for hydroxylation is 1. The number of aromatic nitrogens is 1. The van der Waals surface area contributed by atoms with Crippen LogP contribution in [0.5, 0.6) is 0 Å². The number of aromatic amines is 1. The Labute approximate surface area is 88.2 Å². The molecule has 0 bridgehead atoms. The Morgan fingerprint density at radius 3 is 2.86 bits per heavy atom. The second-order valence-corrected chi connectivity index (χ2v) is 3.95. The molecule has 0 amide bonds. The summed E-state index contributed by atoms with van der Waals surface area (Å²) in [5.74, 6) is -0.322. The smallest absolute Gasteiger partial charge is 0.166 e. The predicted molar refractivity (Wildman–Crippen MR) is 56.1 cm³/mol. The van der Waals surface area contributed by atoms with Gasteiger partial charge in [0.2, 0.25) is 0 Å². The molecule has 1 aromatic heterocycles. The molecule has 0 aliphatic rings. The fourth-order valence-corrected chi connectivity index (χ4v) is 1.81. The number of rotatable bonds is 1. The zero-order valence-corrected chi connectivity index (χ0v) is 8.98. The highest BCUT2D eigenvalue weighted by Crippen LogP contribution is 2.26. The van der Waals surface area contributed by atoms with Crippen LogP contribution in [0.4, 0.5) is 4.39 Å². The van der Waals surface area contributed by atoms with E-state index in [0.717, 1.165) is 22.8 Å². The third-order valence-electron chi connectivity index (χ3n) is 2.26. The Morgan fingerprint density at radius 1 is 1.50 bits per heavy atom. The summed E-state index contributed by atoms with van der Waals surface area (Å²) in [4.78, 5) is 13.5. The molecule has 0 aliphatic heterocycles. The average molecular weight is 256 g/mol. The predicted octanol–water partition coefficient (Wildman–Crippen LogP) is 3.19. The van der Waals surface area contributed by atoms with E-state index in [1.807, 2.05) is 0 Å². The maximum atomic E-state index is 13.2. The number of nitrogens with one attached hydrogen (secondary N) is 1. The molecule has 1 heterocycles. The van der Waals surface area contributed by atoms with Gasteiger partial charge in [-0.15, -0.1) is 0 Å². The molecular formula is C10H7BrFNO. The lowest BCUT2D eigenvalue weighted by Gasteiger charge is -1.95. The van der Waals surface area contributed by atoms with Crippen LogP contribution in [-0.4, -0.2) is 11.3 Å². The number of aldehydes is 1. The van der Waals surface area contributed by atoms with Gasteiger partial charge in [-0.25, -0.2) is 4.39 Å². The van der Waals surface area contributed by atoms with Gasteiger partial charge in [-0.3, -0.25) is 4.79 Å². The zero-order chi connectivity index (χ0) is 10.3. The van der Waals surface area contributed by atoms with Gasteiger partial charge < -0.3 is 4.98 Å². The topological polar surface area (TPSA) is 32.9 Å². The minimum Gasteiger partial charge on any atom is -0.352 e. The normalized spacial score (nSPS) is 10.8. The Hall–Kier alpha value is -1.16. The first kappa shape index (κ1) is 9.40. The van der Waals surface area contributed by atoms with Gasteiger partial charge >= 0.3 is 0 Å². The summed E-state index contributed by atoms with van der Waals surface area (Å²) in [5.41, 5.74) is 2.04. The quantitative estimate of drug-likeness (QED) is 0.781. The van der Waals surface area contributed by atoms with Gasteiger partial charge in [-0.2, -0.15) is 0 Å². The van der Waals surface area contributed by atoms with Crippen molar-refractivity contribution in [1.29, 1.82) is 0 Å². The number of hydrogen-bond donors (Lipinski definition) is 1. The molecule has 4 heteroatoms. The van der Waals surface area contributed by atoms with E-state index in [2.05, 4.69) is 20.9 Å². The van der Waals surface area contributed by atoms with Gasteiger partial charge in [-0.05, 0) is 40.5 Å². The van der Waals surface area contributed by atoms with E-state index < -0.39 is 0 Å². The highest BCUT2D eigenvalue weighted by molar-refractivity contribution is 9.10. The van der Waals surface area contributed by atoms with Crippen molar-refractivity contribution in [3.8, 4) is 0 Å². The molecule has 1 N–H and O–H groups in total. The Kier molecular flexibility index (Phi) is 2.15. The van der Waals surface area contributed by atoms with Crippen molar-refractivity contribution in [3.05, 3.63) is 33.7 Å². The summed E-state index contributed by atoms with van der Waals surface area (Å²) in [6.07, 6.45) is 0.737. The molecule has 0 unspecified atom stereocenters. The van der Waals surface area contributed by atoms with Crippen LogP contribution in [0.3, 0.4) is 0 Å². The fraction of sp³-hybridized carbons (Fsp3) is 0.100. The number of carbonyl (C=O) groups is 1. The molecule has 2 rings (SSSR count). The summed E-state index contributed by atoms with van der Waals surface area (Å²) in [6, 6.07) is 3.04. The molecule has 72 valence electrons. The Bertz CT molecular complexity index is 518. The number of benzene rings is 1. The van der Waals surface area contributed by atoms with Crippen LogP contribution in [0.1, 0.15) is 16.1 Å². The van der Waals surface area contributed by atoms with Crippen molar-refractivity contribution < 1.29 is 9.18 Å². The third kappa shape index (κ3) is 1.26. The monoisotopic (exact) mass is 255 g/mol. The minimum atomic E-state index is -0.322. The van der Waals surface area contributed by atoms with Gasteiger partial charge in [0, 0.05) is 10.9 Å². The van der Waals surface area contributed by atoms with Crippen LogP contribution in [0.2, 0.25) is 0 Å². The van der Waals surface area contributed by atoms with Gasteiger partial charge in [0.15, 0.2) is 6.29 Å². The summed E-state index contributed by atoms with van der Waals surface area (Å²) in [6.45, 7) is 1.79. The molecule has 0 radical (unpaired) electrons. The lowest BCUT2D eigenvalue weighted by molar-refractivity contribution is 0.111. The highest BCUT2D eigenvalue weighted by atomic mass is 79.9. The van der Waals surface area contributed by atoms with Gasteiger partial charge in [0.05, 0.1) is 10.2 Å². The lowest BCUT2D eigenvalue weighted by atomic mass is 10.1. The second-order valence-electron chi connectivity index (χ2n) is 3.09. The van der Waals surface area contributed by atoms with Crippen molar-refractivity contribution >= 4 is 33.1 Å².